The average Bonchev–Trinajstić information content (AvgIpc) is 2.58. The van der Waals surface area contributed by atoms with E-state index < -0.39 is 4.92 Å². The molecule has 0 bridgehead atoms. The number of ether oxygens (including phenoxy) is 1. The Morgan fingerprint density at radius 3 is 3.00 bits per heavy atom. The second kappa shape index (κ2) is 2.28. The highest BCUT2D eigenvalue weighted by atomic mass is 16.6. The van der Waals surface area contributed by atoms with E-state index in [0.29, 0.717) is 0 Å². The first-order chi connectivity index (χ1) is 5.70. The van der Waals surface area contributed by atoms with E-state index in [1.165, 1.54) is 10.8 Å². The van der Waals surface area contributed by atoms with Crippen LogP contribution < -0.4 is 0 Å². The van der Waals surface area contributed by atoms with E-state index in [9.17, 15) is 10.1 Å². The molecule has 1 fully saturated rings. The molecule has 1 aliphatic heterocycles. The lowest BCUT2D eigenvalue weighted by atomic mass is 10.5. The highest BCUT2D eigenvalue weighted by molar-refractivity contribution is 5.09. The number of hydrogen-bond acceptors (Lipinski definition) is 4. The molecule has 12 heavy (non-hydrogen) atoms. The van der Waals surface area contributed by atoms with Crippen LogP contribution in [0.1, 0.15) is 13.2 Å². The third-order valence-electron chi connectivity index (χ3n) is 1.76. The van der Waals surface area contributed by atoms with E-state index in [0.717, 1.165) is 0 Å². The number of imidazole rings is 1. The van der Waals surface area contributed by atoms with Gasteiger partial charge in [-0.1, -0.05) is 4.98 Å². The molecule has 1 saturated heterocycles. The number of nitro groups is 1. The highest BCUT2D eigenvalue weighted by Crippen LogP contribution is 2.35. The summed E-state index contributed by atoms with van der Waals surface area (Å²) in [6.07, 6.45) is 2.80. The van der Waals surface area contributed by atoms with Gasteiger partial charge in [0.2, 0.25) is 6.23 Å². The molecule has 1 aliphatic rings. The van der Waals surface area contributed by atoms with Gasteiger partial charge in [0.1, 0.15) is 18.5 Å². The van der Waals surface area contributed by atoms with Crippen molar-refractivity contribution in [1.82, 2.24) is 9.55 Å². The molecule has 6 heteroatoms. The fourth-order valence-electron chi connectivity index (χ4n) is 1.11. The molecule has 6 nitrogen and oxygen atoms in total. The molecule has 2 heterocycles. The Balaban J connectivity index is 2.31. The molecule has 1 aromatic heterocycles. The Labute approximate surface area is 67.9 Å². The molecular weight excluding hydrogens is 162 g/mol. The zero-order valence-corrected chi connectivity index (χ0v) is 6.38. The Hall–Kier alpha value is -1.43. The Bertz CT molecular complexity index is 322. The van der Waals surface area contributed by atoms with E-state index in [1.807, 2.05) is 6.92 Å². The second-order valence-corrected chi connectivity index (χ2v) is 2.62. The first-order valence-electron chi connectivity index (χ1n) is 3.53. The van der Waals surface area contributed by atoms with Gasteiger partial charge in [0, 0.05) is 0 Å². The molecule has 2 unspecified atom stereocenters. The van der Waals surface area contributed by atoms with Crippen molar-refractivity contribution in [1.29, 1.82) is 0 Å². The van der Waals surface area contributed by atoms with Crippen molar-refractivity contribution in [3.05, 3.63) is 22.5 Å². The summed E-state index contributed by atoms with van der Waals surface area (Å²) in [7, 11) is 0. The molecule has 2 rings (SSSR count). The first-order valence-corrected chi connectivity index (χ1v) is 3.53. The predicted molar refractivity (Wildman–Crippen MR) is 38.5 cm³/mol. The van der Waals surface area contributed by atoms with Gasteiger partial charge in [-0.05, 0) is 11.8 Å². The van der Waals surface area contributed by atoms with Crippen molar-refractivity contribution in [3.8, 4) is 0 Å². The van der Waals surface area contributed by atoms with Crippen LogP contribution in [0.5, 0.6) is 0 Å². The van der Waals surface area contributed by atoms with E-state index in [4.69, 9.17) is 4.74 Å². The highest BCUT2D eigenvalue weighted by Gasteiger charge is 2.42. The minimum absolute atomic E-state index is 0.0536. The van der Waals surface area contributed by atoms with E-state index in [2.05, 4.69) is 4.98 Å². The number of aromatic nitrogens is 2. The van der Waals surface area contributed by atoms with Crippen LogP contribution in [0.3, 0.4) is 0 Å². The van der Waals surface area contributed by atoms with Gasteiger partial charge in [-0.15, -0.1) is 0 Å². The summed E-state index contributed by atoms with van der Waals surface area (Å²) in [5.41, 5.74) is 0. The molecule has 0 spiro atoms. The normalized spacial score (nSPS) is 27.1. The van der Waals surface area contributed by atoms with Gasteiger partial charge in [0.15, 0.2) is 0 Å². The number of rotatable bonds is 2. The average molecular weight is 169 g/mol. The summed E-state index contributed by atoms with van der Waals surface area (Å²) in [5.74, 6) is -0.163. The van der Waals surface area contributed by atoms with Crippen LogP contribution in [-0.2, 0) is 4.74 Å². The maximum absolute atomic E-state index is 10.4. The SMILES string of the molecule is CC1OC1n1ccnc1[N+](=O)[O-]. The largest absolute Gasteiger partial charge is 0.436 e. The quantitative estimate of drug-likeness (QED) is 0.371. The predicted octanol–water partition coefficient (Wildman–Crippen LogP) is 0.709. The summed E-state index contributed by atoms with van der Waals surface area (Å²) < 4.78 is 6.49. The summed E-state index contributed by atoms with van der Waals surface area (Å²) in [6, 6.07) is 0. The van der Waals surface area contributed by atoms with Crippen LogP contribution in [-0.4, -0.2) is 20.6 Å². The summed E-state index contributed by atoms with van der Waals surface area (Å²) >= 11 is 0. The van der Waals surface area contributed by atoms with Crippen molar-refractivity contribution in [3.63, 3.8) is 0 Å². The Morgan fingerprint density at radius 1 is 1.83 bits per heavy atom. The van der Waals surface area contributed by atoms with Crippen molar-refractivity contribution in [2.45, 2.75) is 19.3 Å². The van der Waals surface area contributed by atoms with Crippen LogP contribution in [0.25, 0.3) is 0 Å². The number of hydrogen-bond donors (Lipinski definition) is 0. The van der Waals surface area contributed by atoms with Crippen molar-refractivity contribution < 1.29 is 9.66 Å². The molecule has 0 saturated carbocycles. The molecule has 1 aromatic rings. The van der Waals surface area contributed by atoms with Gasteiger partial charge >= 0.3 is 5.95 Å². The maximum atomic E-state index is 10.4. The first kappa shape index (κ1) is 7.23. The fourth-order valence-corrected chi connectivity index (χ4v) is 1.11. The van der Waals surface area contributed by atoms with E-state index in [-0.39, 0.29) is 18.3 Å². The van der Waals surface area contributed by atoms with Gasteiger partial charge in [0.05, 0.1) is 0 Å². The monoisotopic (exact) mass is 169 g/mol. The van der Waals surface area contributed by atoms with Crippen molar-refractivity contribution in [2.24, 2.45) is 0 Å². The van der Waals surface area contributed by atoms with Crippen molar-refractivity contribution >= 4 is 5.95 Å². The van der Waals surface area contributed by atoms with E-state index in [1.54, 1.807) is 6.20 Å². The summed E-state index contributed by atoms with van der Waals surface area (Å²) in [5, 5.41) is 10.4. The summed E-state index contributed by atoms with van der Waals surface area (Å²) in [6.45, 7) is 1.86. The van der Waals surface area contributed by atoms with Crippen LogP contribution >= 0.6 is 0 Å². The molecule has 64 valence electrons. The minimum atomic E-state index is -0.519. The fraction of sp³-hybridized carbons (Fsp3) is 0.500. The molecule has 0 aromatic carbocycles. The van der Waals surface area contributed by atoms with Gasteiger partial charge in [-0.3, -0.25) is 0 Å². The van der Waals surface area contributed by atoms with Crippen LogP contribution in [0.4, 0.5) is 5.95 Å². The molecular formula is C6H7N3O3. The van der Waals surface area contributed by atoms with Crippen LogP contribution in [0.15, 0.2) is 12.4 Å². The second-order valence-electron chi connectivity index (χ2n) is 2.62. The lowest BCUT2D eigenvalue weighted by Gasteiger charge is -1.95. The molecule has 0 amide bonds. The van der Waals surface area contributed by atoms with E-state index >= 15 is 0 Å². The molecule has 0 radical (unpaired) electrons. The lowest BCUT2D eigenvalue weighted by molar-refractivity contribution is -0.397. The maximum Gasteiger partial charge on any atom is 0.436 e. The van der Waals surface area contributed by atoms with Gasteiger partial charge < -0.3 is 14.9 Å². The smallest absolute Gasteiger partial charge is 0.390 e. The van der Waals surface area contributed by atoms with Gasteiger partial charge in [-0.2, -0.15) is 4.57 Å². The minimum Gasteiger partial charge on any atom is -0.390 e. The Morgan fingerprint density at radius 2 is 2.50 bits per heavy atom. The standard InChI is InChI=1S/C6H7N3O3/c1-4-5(12-4)8-3-2-7-6(8)9(10)11/h2-5H,1H3. The lowest BCUT2D eigenvalue weighted by Crippen LogP contribution is -2.02. The summed E-state index contributed by atoms with van der Waals surface area (Å²) in [4.78, 5) is 13.5. The van der Waals surface area contributed by atoms with Crippen LogP contribution in [0, 0.1) is 10.1 Å². The third-order valence-corrected chi connectivity index (χ3v) is 1.76. The van der Waals surface area contributed by atoms with Crippen molar-refractivity contribution in [2.75, 3.05) is 0 Å². The molecule has 0 aliphatic carbocycles. The molecule has 0 N–H and O–H groups in total. The zero-order valence-electron chi connectivity index (χ0n) is 6.38. The zero-order chi connectivity index (χ0) is 8.72. The van der Waals surface area contributed by atoms with Gasteiger partial charge in [0.25, 0.3) is 0 Å². The number of epoxide rings is 1. The topological polar surface area (TPSA) is 73.5 Å². The Kier molecular flexibility index (Phi) is 1.37. The molecule has 2 atom stereocenters. The van der Waals surface area contributed by atoms with Crippen LogP contribution in [0.2, 0.25) is 0 Å². The van der Waals surface area contributed by atoms with Gasteiger partial charge in [-0.25, -0.2) is 0 Å². The third kappa shape index (κ3) is 0.964. The number of nitrogens with zero attached hydrogens (tertiary/aromatic N) is 3.